The molecule has 2 unspecified atom stereocenters. The number of carbonyl (C=O) groups excluding carboxylic acids is 2. The van der Waals surface area contributed by atoms with Crippen molar-refractivity contribution in [1.29, 1.82) is 5.41 Å². The van der Waals surface area contributed by atoms with Crippen molar-refractivity contribution in [3.05, 3.63) is 100 Å². The van der Waals surface area contributed by atoms with Gasteiger partial charge in [0.25, 0.3) is 0 Å². The van der Waals surface area contributed by atoms with Crippen LogP contribution in [0.5, 0.6) is 0 Å². The Bertz CT molecular complexity index is 2280. The van der Waals surface area contributed by atoms with Crippen LogP contribution in [0.15, 0.2) is 60.9 Å². The number of nitrogens with one attached hydrogen (secondary N) is 5. The van der Waals surface area contributed by atoms with Crippen molar-refractivity contribution in [2.24, 2.45) is 10.8 Å². The third-order valence-corrected chi connectivity index (χ3v) is 12.5. The molecule has 2 bridgehead atoms. The molecular weight excluding hydrogens is 890 g/mol. The summed E-state index contributed by atoms with van der Waals surface area (Å²) in [5, 5.41) is 27.5. The van der Waals surface area contributed by atoms with Crippen LogP contribution in [-0.2, 0) is 27.2 Å². The summed E-state index contributed by atoms with van der Waals surface area (Å²) in [4.78, 5) is 35.5. The van der Waals surface area contributed by atoms with E-state index in [0.29, 0.717) is 48.8 Å². The van der Waals surface area contributed by atoms with E-state index in [2.05, 4.69) is 43.9 Å². The first kappa shape index (κ1) is 50.7. The third-order valence-electron chi connectivity index (χ3n) is 12.5. The summed E-state index contributed by atoms with van der Waals surface area (Å²) in [6, 6.07) is 9.63. The molecule has 67 heavy (non-hydrogen) atoms. The zero-order valence-electron chi connectivity index (χ0n) is 37.5. The van der Waals surface area contributed by atoms with Crippen LogP contribution in [-0.4, -0.2) is 123 Å². The Balaban J connectivity index is 1.13. The predicted molar refractivity (Wildman–Crippen MR) is 236 cm³/mol. The molecule has 3 aliphatic heterocycles. The Labute approximate surface area is 384 Å². The van der Waals surface area contributed by atoms with E-state index in [4.69, 9.17) is 15.1 Å². The number of halogens is 7. The van der Waals surface area contributed by atoms with Gasteiger partial charge in [0.2, 0.25) is 5.91 Å². The van der Waals surface area contributed by atoms with E-state index in [1.807, 2.05) is 17.4 Å². The van der Waals surface area contributed by atoms with Gasteiger partial charge in [0.15, 0.2) is 0 Å². The molecule has 0 radical (unpaired) electrons. The van der Waals surface area contributed by atoms with Crippen molar-refractivity contribution < 1.29 is 54.9 Å². The summed E-state index contributed by atoms with van der Waals surface area (Å²) in [6.45, 7) is 4.22. The average molecular weight is 945 g/mol. The van der Waals surface area contributed by atoms with E-state index in [9.17, 15) is 36.6 Å². The van der Waals surface area contributed by atoms with E-state index in [-0.39, 0.29) is 23.0 Å². The van der Waals surface area contributed by atoms with Crippen molar-refractivity contribution in [3.8, 4) is 11.8 Å². The minimum absolute atomic E-state index is 0.155. The minimum atomic E-state index is -4.99. The van der Waals surface area contributed by atoms with E-state index in [0.717, 1.165) is 77.0 Å². The molecule has 3 aromatic rings. The first-order valence-electron chi connectivity index (χ1n) is 21.7. The number of alkyl halides is 5. The van der Waals surface area contributed by atoms with Crippen molar-refractivity contribution in [1.82, 2.24) is 31.2 Å². The zero-order valence-corrected chi connectivity index (χ0v) is 37.5. The van der Waals surface area contributed by atoms with Gasteiger partial charge in [-0.15, -0.1) is 0 Å². The SMILES string of the molecule is COC(=O)N[C@H](C(=O)N[C@@H](Cc1ccc(C#Cc2ccc(N3CC4CCC(C3)N4CC3(C)COC3)nc2)cc1)[C@@H](O)CNCc1c(F)cc(/C(C=N)=C/NC(F)F)cc1F)C(C)(C)C(F)(F)F. The number of piperazine rings is 1. The number of hydrogen-bond acceptors (Lipinski definition) is 11. The second-order valence-electron chi connectivity index (χ2n) is 18.1. The van der Waals surface area contributed by atoms with E-state index in [1.165, 1.54) is 0 Å². The fraction of sp³-hybridized carbons (Fsp3) is 0.489. The molecule has 2 amide bonds. The van der Waals surface area contributed by atoms with Gasteiger partial charge in [-0.25, -0.2) is 18.6 Å². The zero-order chi connectivity index (χ0) is 48.7. The van der Waals surface area contributed by atoms with Gasteiger partial charge in [0.05, 0.1) is 37.9 Å². The Hall–Kier alpha value is -5.75. The largest absolute Gasteiger partial charge is 0.453 e. The highest BCUT2D eigenvalue weighted by Gasteiger charge is 2.56. The smallest absolute Gasteiger partial charge is 0.407 e. The molecule has 6 rings (SSSR count). The van der Waals surface area contributed by atoms with Gasteiger partial charge in [-0.05, 0) is 80.6 Å². The monoisotopic (exact) mass is 944 g/mol. The van der Waals surface area contributed by atoms with Crippen LogP contribution in [0.25, 0.3) is 5.57 Å². The van der Waals surface area contributed by atoms with E-state index >= 15 is 8.78 Å². The number of pyridine rings is 1. The summed E-state index contributed by atoms with van der Waals surface area (Å²) < 4.78 is 108. The molecule has 0 spiro atoms. The first-order chi connectivity index (χ1) is 31.7. The standard InChI is InChI=1S/C47H55F7N8O5/c1-45(2,47(52,53)54)41(60-44(65)66-4)42(64)59-38(39(63)22-56-21-35-36(48)16-31(17-37(35)49)32(18-55)20-58-43(50)51)15-29-8-5-28(6-9-29)7-10-30-11-14-40(57-19-30)61-23-33-12-13-34(24-61)62(33)25-46(3)26-67-27-46/h5-6,8-9,11,14,16-20,33-34,38-39,41,43,55-56,58,63H,12-13,15,21-27H2,1-4H3,(H,59,64)(H,60,65)/b32-20+,55-18?/t33?,34?,38-,39-,41+/m0/s1. The quantitative estimate of drug-likeness (QED) is 0.0401. The Morgan fingerprint density at radius 2 is 1.64 bits per heavy atom. The Kier molecular flexibility index (Phi) is 16.2. The van der Waals surface area contributed by atoms with E-state index < -0.39 is 78.6 Å². The number of aromatic nitrogens is 1. The molecule has 362 valence electrons. The second-order valence-corrected chi connectivity index (χ2v) is 18.1. The lowest BCUT2D eigenvalue weighted by Crippen LogP contribution is -2.62. The molecule has 0 saturated carbocycles. The van der Waals surface area contributed by atoms with Crippen LogP contribution >= 0.6 is 0 Å². The molecule has 5 atom stereocenters. The van der Waals surface area contributed by atoms with Crippen molar-refractivity contribution in [2.45, 2.75) is 89.6 Å². The molecule has 3 aliphatic rings. The highest BCUT2D eigenvalue weighted by Crippen LogP contribution is 2.41. The Morgan fingerprint density at radius 3 is 2.18 bits per heavy atom. The topological polar surface area (TPSA) is 164 Å². The lowest BCUT2D eigenvalue weighted by atomic mass is 9.82. The highest BCUT2D eigenvalue weighted by molar-refractivity contribution is 6.08. The number of fused-ring (bicyclic) bond motifs is 2. The molecule has 3 saturated heterocycles. The Morgan fingerprint density at radius 1 is 1.01 bits per heavy atom. The van der Waals surface area contributed by atoms with Gasteiger partial charge in [-0.3, -0.25) is 9.69 Å². The maximum absolute atomic E-state index is 15.1. The fourth-order valence-electron chi connectivity index (χ4n) is 8.44. The second kappa shape index (κ2) is 21.5. The van der Waals surface area contributed by atoms with Gasteiger partial charge in [-0.2, -0.15) is 22.0 Å². The van der Waals surface area contributed by atoms with Crippen molar-refractivity contribution in [3.63, 3.8) is 0 Å². The maximum Gasteiger partial charge on any atom is 0.407 e. The average Bonchev–Trinajstić information content (AvgIpc) is 3.48. The number of anilines is 1. The number of allylic oxidation sites excluding steroid dienone is 1. The normalized spacial score (nSPS) is 19.7. The van der Waals surface area contributed by atoms with Crippen molar-refractivity contribution in [2.75, 3.05) is 51.4 Å². The summed E-state index contributed by atoms with van der Waals surface area (Å²) in [5.74, 6) is 3.58. The van der Waals surface area contributed by atoms with Crippen LogP contribution in [0.3, 0.4) is 0 Å². The number of hydrogen-bond donors (Lipinski definition) is 6. The summed E-state index contributed by atoms with van der Waals surface area (Å²) in [7, 11) is 0.913. The van der Waals surface area contributed by atoms with Crippen LogP contribution in [0, 0.1) is 39.7 Å². The third kappa shape index (κ3) is 12.6. The van der Waals surface area contributed by atoms with Gasteiger partial charge in [-0.1, -0.05) is 30.9 Å². The molecule has 13 nitrogen and oxygen atoms in total. The number of amides is 2. The van der Waals surface area contributed by atoms with Gasteiger partial charge in [0, 0.05) is 91.1 Å². The number of ether oxygens (including phenoxy) is 2. The molecular formula is C47H55F7N8O5. The number of aliphatic hydroxyl groups excluding tert-OH is 1. The molecule has 2 aromatic carbocycles. The predicted octanol–water partition coefficient (Wildman–Crippen LogP) is 5.74. The summed E-state index contributed by atoms with van der Waals surface area (Å²) in [6.07, 6.45) is -2.64. The fourth-order valence-corrected chi connectivity index (χ4v) is 8.44. The van der Waals surface area contributed by atoms with Crippen LogP contribution in [0.1, 0.15) is 61.4 Å². The lowest BCUT2D eigenvalue weighted by Gasteiger charge is -2.48. The minimum Gasteiger partial charge on any atom is -0.453 e. The number of rotatable bonds is 18. The highest BCUT2D eigenvalue weighted by atomic mass is 19.4. The number of aliphatic hydroxyl groups is 1. The van der Waals surface area contributed by atoms with Crippen LogP contribution in [0.2, 0.25) is 0 Å². The lowest BCUT2D eigenvalue weighted by molar-refractivity contribution is -0.220. The van der Waals surface area contributed by atoms with Gasteiger partial charge in [0.1, 0.15) is 23.5 Å². The van der Waals surface area contributed by atoms with Gasteiger partial charge >= 0.3 is 18.8 Å². The molecule has 4 heterocycles. The number of benzene rings is 2. The number of nitrogens with zero attached hydrogens (tertiary/aromatic N) is 3. The molecule has 1 aromatic heterocycles. The molecule has 6 N–H and O–H groups in total. The summed E-state index contributed by atoms with van der Waals surface area (Å²) >= 11 is 0. The number of alkyl carbamates (subject to hydrolysis) is 1. The number of methoxy groups -OCH3 is 1. The summed E-state index contributed by atoms with van der Waals surface area (Å²) in [5.41, 5.74) is -1.74. The molecule has 3 fully saturated rings. The maximum atomic E-state index is 15.1. The molecule has 0 aliphatic carbocycles. The van der Waals surface area contributed by atoms with Crippen LogP contribution in [0.4, 0.5) is 41.3 Å². The number of carbonyl (C=O) groups is 2. The molecule has 20 heteroatoms. The van der Waals surface area contributed by atoms with Gasteiger partial charge < -0.3 is 46.2 Å². The van der Waals surface area contributed by atoms with E-state index in [1.54, 1.807) is 35.8 Å². The first-order valence-corrected chi connectivity index (χ1v) is 21.7. The van der Waals surface area contributed by atoms with Crippen LogP contribution < -0.4 is 26.2 Å². The van der Waals surface area contributed by atoms with Crippen molar-refractivity contribution >= 4 is 29.6 Å².